The van der Waals surface area contributed by atoms with Crippen LogP contribution >= 0.6 is 35.7 Å². The van der Waals surface area contributed by atoms with Crippen molar-refractivity contribution in [3.8, 4) is 0 Å². The Morgan fingerprint density at radius 1 is 1.08 bits per heavy atom. The fourth-order valence-corrected chi connectivity index (χ4v) is 3.02. The third-order valence-corrected chi connectivity index (χ3v) is 4.43. The molecule has 1 aromatic carbocycles. The van der Waals surface area contributed by atoms with E-state index in [0.717, 1.165) is 49.9 Å². The van der Waals surface area contributed by atoms with Crippen LogP contribution in [0.2, 0.25) is 0 Å². The van der Waals surface area contributed by atoms with Gasteiger partial charge in [-0.15, -0.1) is 35.7 Å². The van der Waals surface area contributed by atoms with E-state index in [9.17, 15) is 0 Å². The highest BCUT2D eigenvalue weighted by atomic mass is 127. The zero-order valence-electron chi connectivity index (χ0n) is 14.6. The lowest BCUT2D eigenvalue weighted by Gasteiger charge is -2.11. The summed E-state index contributed by atoms with van der Waals surface area (Å²) in [6.45, 7) is 4.62. The molecule has 0 amide bonds. The maximum Gasteiger partial charge on any atom is 0.191 e. The Labute approximate surface area is 172 Å². The Morgan fingerprint density at radius 2 is 1.88 bits per heavy atom. The molecule has 1 aromatic heterocycles. The molecule has 0 fully saturated rings. The molecule has 1 heterocycles. The van der Waals surface area contributed by atoms with Gasteiger partial charge in [0.25, 0.3) is 0 Å². The number of guanidine groups is 1. The fraction of sp³-hybridized carbons (Fsp3) is 0.368. The zero-order chi connectivity index (χ0) is 16.9. The van der Waals surface area contributed by atoms with Gasteiger partial charge in [-0.25, -0.2) is 0 Å². The van der Waals surface area contributed by atoms with Crippen LogP contribution in [0, 0.1) is 0 Å². The minimum atomic E-state index is 0. The second-order valence-corrected chi connectivity index (χ2v) is 6.44. The first-order chi connectivity index (χ1) is 11.9. The number of nitrogens with zero attached hydrogens (tertiary/aromatic N) is 2. The van der Waals surface area contributed by atoms with Gasteiger partial charge >= 0.3 is 0 Å². The van der Waals surface area contributed by atoms with E-state index in [1.807, 2.05) is 42.2 Å². The van der Waals surface area contributed by atoms with Crippen LogP contribution in [0.15, 0.2) is 64.6 Å². The van der Waals surface area contributed by atoms with E-state index in [1.54, 1.807) is 0 Å². The largest absolute Gasteiger partial charge is 0.357 e. The number of hydrogen-bond acceptors (Lipinski definition) is 3. The maximum atomic E-state index is 4.64. The van der Waals surface area contributed by atoms with Gasteiger partial charge in [0, 0.05) is 42.8 Å². The Hall–Kier alpha value is -1.28. The number of hydrogen-bond donors (Lipinski definition) is 2. The van der Waals surface area contributed by atoms with Crippen molar-refractivity contribution in [1.82, 2.24) is 15.6 Å². The lowest BCUT2D eigenvalue weighted by Crippen LogP contribution is -2.38. The van der Waals surface area contributed by atoms with E-state index in [0.29, 0.717) is 0 Å². The normalized spacial score (nSPS) is 10.8. The first kappa shape index (κ1) is 21.8. The van der Waals surface area contributed by atoms with Crippen LogP contribution in [0.25, 0.3) is 0 Å². The smallest absolute Gasteiger partial charge is 0.191 e. The van der Waals surface area contributed by atoms with Gasteiger partial charge in [-0.1, -0.05) is 24.3 Å². The average Bonchev–Trinajstić information content (AvgIpc) is 2.63. The molecule has 0 unspecified atom stereocenters. The summed E-state index contributed by atoms with van der Waals surface area (Å²) in [4.78, 5) is 10.3. The number of halogens is 1. The molecule has 25 heavy (non-hydrogen) atoms. The topological polar surface area (TPSA) is 49.3 Å². The molecule has 0 radical (unpaired) electrons. The van der Waals surface area contributed by atoms with Gasteiger partial charge in [-0.2, -0.15) is 0 Å². The van der Waals surface area contributed by atoms with Gasteiger partial charge in [0.1, 0.15) is 0 Å². The van der Waals surface area contributed by atoms with Crippen LogP contribution in [0.5, 0.6) is 0 Å². The fourth-order valence-electron chi connectivity index (χ4n) is 2.16. The standard InChI is InChI=1S/C19H26N4S.HI/c1-2-20-19(23-15-12-17-9-6-7-13-21-17)22-14-8-16-24-18-10-4-3-5-11-18;/h3-7,9-11,13H,2,8,12,14-16H2,1H3,(H2,20,22,23);1H. The summed E-state index contributed by atoms with van der Waals surface area (Å²) in [6.07, 6.45) is 3.80. The molecule has 2 rings (SSSR count). The third kappa shape index (κ3) is 9.69. The first-order valence-corrected chi connectivity index (χ1v) is 9.47. The minimum Gasteiger partial charge on any atom is -0.357 e. The molecular weight excluding hydrogens is 443 g/mol. The van der Waals surface area contributed by atoms with Crippen molar-refractivity contribution in [2.24, 2.45) is 4.99 Å². The molecule has 0 aliphatic rings. The Morgan fingerprint density at radius 3 is 2.60 bits per heavy atom. The second-order valence-electron chi connectivity index (χ2n) is 5.27. The van der Waals surface area contributed by atoms with Gasteiger partial charge in [-0.05, 0) is 43.4 Å². The Balaban J connectivity index is 0.00000312. The van der Waals surface area contributed by atoms with E-state index in [2.05, 4.69) is 51.8 Å². The van der Waals surface area contributed by atoms with E-state index < -0.39 is 0 Å². The van der Waals surface area contributed by atoms with E-state index in [-0.39, 0.29) is 24.0 Å². The highest BCUT2D eigenvalue weighted by Gasteiger charge is 1.98. The van der Waals surface area contributed by atoms with Crippen LogP contribution in [0.3, 0.4) is 0 Å². The van der Waals surface area contributed by atoms with Crippen LogP contribution in [0.1, 0.15) is 19.0 Å². The Kier molecular flexibility index (Phi) is 12.1. The highest BCUT2D eigenvalue weighted by Crippen LogP contribution is 2.17. The summed E-state index contributed by atoms with van der Waals surface area (Å²) in [7, 11) is 0. The summed E-state index contributed by atoms with van der Waals surface area (Å²) in [5.74, 6) is 1.97. The summed E-state index contributed by atoms with van der Waals surface area (Å²) in [5, 5.41) is 6.66. The number of pyridine rings is 1. The van der Waals surface area contributed by atoms with Crippen molar-refractivity contribution in [3.63, 3.8) is 0 Å². The number of rotatable bonds is 9. The van der Waals surface area contributed by atoms with Crippen LogP contribution < -0.4 is 10.6 Å². The van der Waals surface area contributed by atoms with Crippen molar-refractivity contribution in [2.45, 2.75) is 24.7 Å². The molecule has 0 atom stereocenters. The lowest BCUT2D eigenvalue weighted by atomic mass is 10.3. The SMILES string of the molecule is CCNC(=NCCCSc1ccccc1)NCCc1ccccn1.I. The zero-order valence-corrected chi connectivity index (χ0v) is 17.8. The molecule has 4 nitrogen and oxygen atoms in total. The monoisotopic (exact) mass is 470 g/mol. The second kappa shape index (κ2) is 13.9. The maximum absolute atomic E-state index is 4.64. The molecule has 0 bridgehead atoms. The van der Waals surface area contributed by atoms with Crippen LogP contribution in [0.4, 0.5) is 0 Å². The molecule has 0 aliphatic heterocycles. The van der Waals surface area contributed by atoms with E-state index in [4.69, 9.17) is 0 Å². The van der Waals surface area contributed by atoms with Crippen molar-refractivity contribution < 1.29 is 0 Å². The highest BCUT2D eigenvalue weighted by molar-refractivity contribution is 14.0. The summed E-state index contributed by atoms with van der Waals surface area (Å²) in [5.41, 5.74) is 1.10. The molecule has 0 saturated carbocycles. The number of nitrogens with one attached hydrogen (secondary N) is 2. The number of aromatic nitrogens is 1. The van der Waals surface area contributed by atoms with Gasteiger partial charge in [0.2, 0.25) is 0 Å². The van der Waals surface area contributed by atoms with Gasteiger partial charge in [-0.3, -0.25) is 9.98 Å². The van der Waals surface area contributed by atoms with Gasteiger partial charge in [0.05, 0.1) is 0 Å². The lowest BCUT2D eigenvalue weighted by molar-refractivity contribution is 0.784. The molecule has 2 N–H and O–H groups in total. The van der Waals surface area contributed by atoms with E-state index in [1.165, 1.54) is 4.90 Å². The number of aliphatic imine (C=N–C) groups is 1. The summed E-state index contributed by atoms with van der Waals surface area (Å²) >= 11 is 1.88. The molecule has 0 saturated heterocycles. The summed E-state index contributed by atoms with van der Waals surface area (Å²) in [6, 6.07) is 16.5. The summed E-state index contributed by atoms with van der Waals surface area (Å²) < 4.78 is 0. The molecule has 0 spiro atoms. The van der Waals surface area contributed by atoms with Gasteiger partial charge < -0.3 is 10.6 Å². The molecule has 136 valence electrons. The third-order valence-electron chi connectivity index (χ3n) is 3.33. The van der Waals surface area contributed by atoms with Gasteiger partial charge in [0.15, 0.2) is 5.96 Å². The number of thioether (sulfide) groups is 1. The predicted octanol–water partition coefficient (Wildman–Crippen LogP) is 3.98. The molecule has 2 aromatic rings. The minimum absolute atomic E-state index is 0. The predicted molar refractivity (Wildman–Crippen MR) is 119 cm³/mol. The van der Waals surface area contributed by atoms with Crippen molar-refractivity contribution >= 4 is 41.7 Å². The molecule has 6 heteroatoms. The van der Waals surface area contributed by atoms with Crippen molar-refractivity contribution in [1.29, 1.82) is 0 Å². The van der Waals surface area contributed by atoms with Crippen LogP contribution in [-0.2, 0) is 6.42 Å². The van der Waals surface area contributed by atoms with E-state index >= 15 is 0 Å². The quantitative estimate of drug-likeness (QED) is 0.191. The average molecular weight is 470 g/mol. The first-order valence-electron chi connectivity index (χ1n) is 8.48. The molecule has 0 aliphatic carbocycles. The van der Waals surface area contributed by atoms with Crippen molar-refractivity contribution in [2.75, 3.05) is 25.4 Å². The number of benzene rings is 1. The van der Waals surface area contributed by atoms with Crippen LogP contribution in [-0.4, -0.2) is 36.3 Å². The molecular formula is C19H27IN4S. The van der Waals surface area contributed by atoms with Crippen molar-refractivity contribution in [3.05, 3.63) is 60.4 Å². The Bertz CT molecular complexity index is 593.